The Labute approximate surface area is 118 Å². The topological polar surface area (TPSA) is 68.6 Å². The van der Waals surface area contributed by atoms with Gasteiger partial charge in [0.05, 0.1) is 0 Å². The Morgan fingerprint density at radius 1 is 1.30 bits per heavy atom. The lowest BCUT2D eigenvalue weighted by atomic mass is 9.94. The van der Waals surface area contributed by atoms with Crippen molar-refractivity contribution in [3.05, 3.63) is 41.3 Å². The minimum Gasteiger partial charge on any atom is -0.357 e. The number of nitriles is 1. The minimum absolute atomic E-state index is 0.526. The number of anilines is 1. The number of pyridine rings is 1. The summed E-state index contributed by atoms with van der Waals surface area (Å²) in [7, 11) is 0. The molecule has 3 rings (SSSR count). The van der Waals surface area contributed by atoms with Gasteiger partial charge in [-0.2, -0.15) is 10.4 Å². The van der Waals surface area contributed by atoms with Crippen LogP contribution in [0, 0.1) is 18.3 Å². The molecule has 20 heavy (non-hydrogen) atoms. The molecule has 0 bridgehead atoms. The van der Waals surface area contributed by atoms with Crippen molar-refractivity contribution in [2.24, 2.45) is 0 Å². The number of nitrogens with one attached hydrogen (secondary N) is 1. The summed E-state index contributed by atoms with van der Waals surface area (Å²) in [4.78, 5) is 6.70. The van der Waals surface area contributed by atoms with Crippen LogP contribution in [0.4, 0.5) is 5.82 Å². The van der Waals surface area contributed by atoms with Gasteiger partial charge in [-0.05, 0) is 37.5 Å². The van der Waals surface area contributed by atoms with E-state index in [2.05, 4.69) is 32.2 Å². The minimum atomic E-state index is 0.526. The average molecular weight is 267 g/mol. The van der Waals surface area contributed by atoms with Gasteiger partial charge in [-0.1, -0.05) is 6.07 Å². The number of aromatic nitrogens is 3. The molecule has 1 fully saturated rings. The molecule has 0 radical (unpaired) electrons. The maximum absolute atomic E-state index is 9.07. The molecule has 2 aromatic heterocycles. The van der Waals surface area contributed by atoms with Gasteiger partial charge in [0.15, 0.2) is 0 Å². The highest BCUT2D eigenvalue weighted by atomic mass is 15.2. The van der Waals surface area contributed by atoms with Crippen molar-refractivity contribution < 1.29 is 0 Å². The Hall–Kier alpha value is -2.35. The molecule has 5 nitrogen and oxygen atoms in total. The number of nitrogens with zero attached hydrogens (tertiary/aromatic N) is 4. The number of rotatable bonds is 2. The van der Waals surface area contributed by atoms with Crippen LogP contribution in [0.3, 0.4) is 0 Å². The van der Waals surface area contributed by atoms with Crippen LogP contribution in [-0.2, 0) is 0 Å². The summed E-state index contributed by atoms with van der Waals surface area (Å²) in [6.07, 6.45) is 3.97. The van der Waals surface area contributed by atoms with E-state index in [4.69, 9.17) is 5.26 Å². The van der Waals surface area contributed by atoms with Crippen molar-refractivity contribution in [2.45, 2.75) is 25.7 Å². The molecule has 102 valence electrons. The Morgan fingerprint density at radius 3 is 2.75 bits per heavy atom. The van der Waals surface area contributed by atoms with Gasteiger partial charge in [0.2, 0.25) is 0 Å². The van der Waals surface area contributed by atoms with E-state index in [1.54, 1.807) is 0 Å². The predicted octanol–water partition coefficient (Wildman–Crippen LogP) is 2.37. The molecular weight excluding hydrogens is 250 g/mol. The third-order valence-corrected chi connectivity index (χ3v) is 3.97. The second kappa shape index (κ2) is 5.33. The highest BCUT2D eigenvalue weighted by molar-refractivity contribution is 5.45. The van der Waals surface area contributed by atoms with E-state index in [0.29, 0.717) is 11.6 Å². The first-order valence-electron chi connectivity index (χ1n) is 6.90. The Kier molecular flexibility index (Phi) is 3.38. The largest absolute Gasteiger partial charge is 0.357 e. The molecule has 0 spiro atoms. The van der Waals surface area contributed by atoms with Gasteiger partial charge in [-0.3, -0.25) is 5.10 Å². The molecule has 0 aliphatic carbocycles. The fourth-order valence-corrected chi connectivity index (χ4v) is 2.72. The summed E-state index contributed by atoms with van der Waals surface area (Å²) in [5, 5.41) is 16.1. The first kappa shape index (κ1) is 12.7. The smallest absolute Gasteiger partial charge is 0.145 e. The molecule has 1 aliphatic heterocycles. The quantitative estimate of drug-likeness (QED) is 0.907. The van der Waals surface area contributed by atoms with E-state index in [1.165, 1.54) is 5.69 Å². The van der Waals surface area contributed by atoms with Crippen LogP contribution in [0.5, 0.6) is 0 Å². The van der Waals surface area contributed by atoms with Crippen molar-refractivity contribution in [3.63, 3.8) is 0 Å². The first-order chi connectivity index (χ1) is 9.78. The SMILES string of the molecule is Cc1ccc(N2CCC(c3ccn[nH]3)CC2)nc1C#N. The highest BCUT2D eigenvalue weighted by Crippen LogP contribution is 2.28. The number of hydrogen-bond donors (Lipinski definition) is 1. The van der Waals surface area contributed by atoms with Crippen LogP contribution in [0.2, 0.25) is 0 Å². The summed E-state index contributed by atoms with van der Waals surface area (Å²) in [6.45, 7) is 3.84. The molecule has 2 aromatic rings. The van der Waals surface area contributed by atoms with Crippen LogP contribution < -0.4 is 4.90 Å². The maximum Gasteiger partial charge on any atom is 0.145 e. The summed E-state index contributed by atoms with van der Waals surface area (Å²) >= 11 is 0. The molecule has 0 atom stereocenters. The van der Waals surface area contributed by atoms with Crippen molar-refractivity contribution >= 4 is 5.82 Å². The van der Waals surface area contributed by atoms with Crippen molar-refractivity contribution in [1.29, 1.82) is 5.26 Å². The summed E-state index contributed by atoms with van der Waals surface area (Å²) < 4.78 is 0. The summed E-state index contributed by atoms with van der Waals surface area (Å²) in [5.41, 5.74) is 2.68. The summed E-state index contributed by atoms with van der Waals surface area (Å²) in [5.74, 6) is 1.46. The van der Waals surface area contributed by atoms with E-state index in [-0.39, 0.29) is 0 Å². The first-order valence-corrected chi connectivity index (χ1v) is 6.90. The lowest BCUT2D eigenvalue weighted by Gasteiger charge is -2.32. The number of hydrogen-bond acceptors (Lipinski definition) is 4. The summed E-state index contributed by atoms with van der Waals surface area (Å²) in [6, 6.07) is 8.19. The van der Waals surface area contributed by atoms with Gasteiger partial charge in [-0.15, -0.1) is 0 Å². The number of aromatic amines is 1. The molecule has 0 aromatic carbocycles. The Bertz CT molecular complexity index is 618. The van der Waals surface area contributed by atoms with E-state index >= 15 is 0 Å². The van der Waals surface area contributed by atoms with E-state index in [0.717, 1.165) is 37.3 Å². The van der Waals surface area contributed by atoms with E-state index in [9.17, 15) is 0 Å². The number of piperidine rings is 1. The van der Waals surface area contributed by atoms with Gasteiger partial charge < -0.3 is 4.90 Å². The normalized spacial score (nSPS) is 16.1. The standard InChI is InChI=1S/C15H17N5/c1-11-2-3-15(18-14(11)10-16)20-8-5-12(6-9-20)13-4-7-17-19-13/h2-4,7,12H,5-6,8-9H2,1H3,(H,17,19). The molecule has 0 amide bonds. The highest BCUT2D eigenvalue weighted by Gasteiger charge is 2.22. The molecule has 1 aliphatic rings. The lowest BCUT2D eigenvalue weighted by Crippen LogP contribution is -2.33. The fourth-order valence-electron chi connectivity index (χ4n) is 2.72. The van der Waals surface area contributed by atoms with Gasteiger partial charge >= 0.3 is 0 Å². The maximum atomic E-state index is 9.07. The molecule has 1 N–H and O–H groups in total. The molecule has 5 heteroatoms. The lowest BCUT2D eigenvalue weighted by molar-refractivity contribution is 0.493. The predicted molar refractivity (Wildman–Crippen MR) is 76.5 cm³/mol. The fraction of sp³-hybridized carbons (Fsp3) is 0.400. The van der Waals surface area contributed by atoms with Gasteiger partial charge in [0.25, 0.3) is 0 Å². The second-order valence-corrected chi connectivity index (χ2v) is 5.22. The van der Waals surface area contributed by atoms with Crippen LogP contribution in [-0.4, -0.2) is 28.3 Å². The Morgan fingerprint density at radius 2 is 2.10 bits per heavy atom. The zero-order valence-electron chi connectivity index (χ0n) is 11.5. The molecular formula is C15H17N5. The third kappa shape index (κ3) is 2.37. The average Bonchev–Trinajstić information content (AvgIpc) is 3.02. The van der Waals surface area contributed by atoms with Crippen molar-refractivity contribution in [1.82, 2.24) is 15.2 Å². The van der Waals surface area contributed by atoms with Crippen molar-refractivity contribution in [3.8, 4) is 6.07 Å². The third-order valence-electron chi connectivity index (χ3n) is 3.97. The van der Waals surface area contributed by atoms with Crippen molar-refractivity contribution in [2.75, 3.05) is 18.0 Å². The second-order valence-electron chi connectivity index (χ2n) is 5.22. The zero-order valence-corrected chi connectivity index (χ0v) is 11.5. The molecule has 0 saturated carbocycles. The molecule has 0 unspecified atom stereocenters. The Balaban J connectivity index is 1.71. The van der Waals surface area contributed by atoms with Crippen LogP contribution in [0.1, 0.15) is 35.7 Å². The number of H-pyrrole nitrogens is 1. The van der Waals surface area contributed by atoms with Crippen LogP contribution in [0.25, 0.3) is 0 Å². The van der Waals surface area contributed by atoms with Gasteiger partial charge in [0.1, 0.15) is 17.6 Å². The molecule has 1 saturated heterocycles. The van der Waals surface area contributed by atoms with Crippen LogP contribution in [0.15, 0.2) is 24.4 Å². The molecule has 3 heterocycles. The van der Waals surface area contributed by atoms with Gasteiger partial charge in [-0.25, -0.2) is 4.98 Å². The monoisotopic (exact) mass is 267 g/mol. The van der Waals surface area contributed by atoms with Gasteiger partial charge in [0, 0.05) is 30.9 Å². The van der Waals surface area contributed by atoms with E-state index < -0.39 is 0 Å². The van der Waals surface area contributed by atoms with Crippen LogP contribution >= 0.6 is 0 Å². The number of aryl methyl sites for hydroxylation is 1. The zero-order chi connectivity index (χ0) is 13.9. The van der Waals surface area contributed by atoms with E-state index in [1.807, 2.05) is 25.3 Å².